The number of H-pyrrole nitrogens is 1. The Morgan fingerprint density at radius 2 is 1.87 bits per heavy atom. The van der Waals surface area contributed by atoms with Crippen LogP contribution in [0.15, 0.2) is 40.5 Å². The Balaban J connectivity index is 2.07. The van der Waals surface area contributed by atoms with Crippen molar-refractivity contribution in [2.24, 2.45) is 0 Å². The van der Waals surface area contributed by atoms with Gasteiger partial charge in [0.05, 0.1) is 11.3 Å². The van der Waals surface area contributed by atoms with Crippen LogP contribution >= 0.6 is 11.3 Å². The lowest BCUT2D eigenvalue weighted by Crippen LogP contribution is -2.14. The molecule has 4 nitrogen and oxygen atoms in total. The van der Waals surface area contributed by atoms with Crippen LogP contribution in [0, 0.1) is 13.8 Å². The number of nitrogens with one attached hydrogen (secondary N) is 1. The molecular formula is C18H16N2O2S. The number of nitrogens with zero attached hydrogens (tertiary/aromatic N) is 1. The van der Waals surface area contributed by atoms with Gasteiger partial charge in [0.1, 0.15) is 5.01 Å². The quantitative estimate of drug-likeness (QED) is 0.741. The minimum Gasteiger partial charge on any atom is -0.325 e. The number of carbonyl (C=O) groups is 1. The average molecular weight is 324 g/mol. The van der Waals surface area contributed by atoms with E-state index in [2.05, 4.69) is 9.97 Å². The normalized spacial score (nSPS) is 10.7. The molecule has 0 spiro atoms. The summed E-state index contributed by atoms with van der Waals surface area (Å²) in [5.74, 6) is -0.0738. The van der Waals surface area contributed by atoms with Crippen LogP contribution in [-0.2, 0) is 0 Å². The van der Waals surface area contributed by atoms with Gasteiger partial charge in [-0.3, -0.25) is 9.59 Å². The van der Waals surface area contributed by atoms with Gasteiger partial charge in [0.15, 0.2) is 5.78 Å². The smallest absolute Gasteiger partial charge is 0.258 e. The Morgan fingerprint density at radius 3 is 2.52 bits per heavy atom. The highest BCUT2D eigenvalue weighted by Gasteiger charge is 2.14. The summed E-state index contributed by atoms with van der Waals surface area (Å²) in [6.07, 6.45) is 0. The molecule has 2 heterocycles. The first kappa shape index (κ1) is 15.4. The molecule has 2 aromatic heterocycles. The fourth-order valence-electron chi connectivity index (χ4n) is 2.40. The third-order valence-corrected chi connectivity index (χ3v) is 4.58. The number of Topliss-reactive ketones (excluding diaryl/α,β-unsaturated/α-hetero) is 1. The first-order valence-electron chi connectivity index (χ1n) is 7.23. The van der Waals surface area contributed by atoms with Crippen molar-refractivity contribution < 1.29 is 4.79 Å². The van der Waals surface area contributed by atoms with E-state index in [0.717, 1.165) is 11.3 Å². The van der Waals surface area contributed by atoms with Gasteiger partial charge < -0.3 is 4.98 Å². The maximum atomic E-state index is 12.2. The second-order valence-corrected chi connectivity index (χ2v) is 6.37. The lowest BCUT2D eigenvalue weighted by Gasteiger charge is -2.04. The van der Waals surface area contributed by atoms with Crippen LogP contribution in [0.25, 0.3) is 21.8 Å². The monoisotopic (exact) mass is 324 g/mol. The fraction of sp³-hybridized carbons (Fsp3) is 0.167. The van der Waals surface area contributed by atoms with Crippen LogP contribution in [0.5, 0.6) is 0 Å². The minimum atomic E-state index is -0.225. The molecule has 0 amide bonds. The molecule has 3 aromatic rings. The third-order valence-electron chi connectivity index (χ3n) is 3.70. The summed E-state index contributed by atoms with van der Waals surface area (Å²) in [6.45, 7) is 5.25. The highest BCUT2D eigenvalue weighted by molar-refractivity contribution is 7.13. The number of carbonyl (C=O) groups excluding carboxylic acids is 1. The van der Waals surface area contributed by atoms with Gasteiger partial charge in [0, 0.05) is 22.2 Å². The molecule has 5 heteroatoms. The van der Waals surface area contributed by atoms with Crippen LogP contribution in [0.4, 0.5) is 0 Å². The molecular weight excluding hydrogens is 308 g/mol. The van der Waals surface area contributed by atoms with E-state index in [1.165, 1.54) is 23.8 Å². The van der Waals surface area contributed by atoms with Crippen LogP contribution in [0.1, 0.15) is 28.5 Å². The Bertz CT molecular complexity index is 936. The number of rotatable bonds is 3. The van der Waals surface area contributed by atoms with E-state index in [9.17, 15) is 9.59 Å². The van der Waals surface area contributed by atoms with E-state index in [1.54, 1.807) is 13.0 Å². The first-order valence-corrected chi connectivity index (χ1v) is 8.11. The molecule has 23 heavy (non-hydrogen) atoms. The summed E-state index contributed by atoms with van der Waals surface area (Å²) in [5.41, 5.74) is 4.34. The third kappa shape index (κ3) is 3.00. The SMILES string of the molecule is CC(=O)c1cc(-c2nc(-c3ccc(C)cc3)cs2)c(=O)[nH]c1C. The van der Waals surface area contributed by atoms with Crippen LogP contribution < -0.4 is 5.56 Å². The van der Waals surface area contributed by atoms with E-state index in [0.29, 0.717) is 21.8 Å². The summed E-state index contributed by atoms with van der Waals surface area (Å²) in [7, 11) is 0. The van der Waals surface area contributed by atoms with E-state index >= 15 is 0 Å². The number of benzene rings is 1. The van der Waals surface area contributed by atoms with Gasteiger partial charge in [0.25, 0.3) is 5.56 Å². The molecule has 0 aliphatic carbocycles. The Labute approximate surface area is 137 Å². The van der Waals surface area contributed by atoms with Crippen molar-refractivity contribution in [1.29, 1.82) is 0 Å². The molecule has 0 aliphatic rings. The van der Waals surface area contributed by atoms with Gasteiger partial charge in [-0.05, 0) is 26.8 Å². The molecule has 0 atom stereocenters. The van der Waals surface area contributed by atoms with E-state index in [1.807, 2.05) is 36.6 Å². The Morgan fingerprint density at radius 1 is 1.17 bits per heavy atom. The van der Waals surface area contributed by atoms with Gasteiger partial charge in [-0.15, -0.1) is 11.3 Å². The molecule has 1 aromatic carbocycles. The zero-order valence-electron chi connectivity index (χ0n) is 13.1. The number of aromatic nitrogens is 2. The largest absolute Gasteiger partial charge is 0.325 e. The zero-order valence-corrected chi connectivity index (χ0v) is 14.0. The lowest BCUT2D eigenvalue weighted by atomic mass is 10.1. The van der Waals surface area contributed by atoms with Crippen molar-refractivity contribution in [3.63, 3.8) is 0 Å². The van der Waals surface area contributed by atoms with Crippen LogP contribution in [0.2, 0.25) is 0 Å². The minimum absolute atomic E-state index is 0.0738. The number of hydrogen-bond acceptors (Lipinski definition) is 4. The average Bonchev–Trinajstić information content (AvgIpc) is 2.97. The summed E-state index contributed by atoms with van der Waals surface area (Å²) in [6, 6.07) is 9.71. The maximum absolute atomic E-state index is 12.2. The van der Waals surface area contributed by atoms with Crippen LogP contribution in [0.3, 0.4) is 0 Å². The summed E-state index contributed by atoms with van der Waals surface area (Å²) in [4.78, 5) is 31.2. The van der Waals surface area contributed by atoms with Crippen LogP contribution in [-0.4, -0.2) is 15.8 Å². The molecule has 0 bridgehead atoms. The second kappa shape index (κ2) is 5.93. The van der Waals surface area contributed by atoms with Gasteiger partial charge in [-0.2, -0.15) is 0 Å². The summed E-state index contributed by atoms with van der Waals surface area (Å²) < 4.78 is 0. The first-order chi connectivity index (χ1) is 11.0. The fourth-order valence-corrected chi connectivity index (χ4v) is 3.24. The van der Waals surface area contributed by atoms with Gasteiger partial charge in [0.2, 0.25) is 0 Å². The topological polar surface area (TPSA) is 62.8 Å². The van der Waals surface area contributed by atoms with Crippen molar-refractivity contribution in [2.45, 2.75) is 20.8 Å². The predicted octanol–water partition coefficient (Wildman–Crippen LogP) is 3.98. The number of ketones is 1. The van der Waals surface area contributed by atoms with Crippen molar-refractivity contribution in [3.8, 4) is 21.8 Å². The molecule has 0 radical (unpaired) electrons. The molecule has 0 saturated heterocycles. The molecule has 3 rings (SSSR count). The second-order valence-electron chi connectivity index (χ2n) is 5.51. The van der Waals surface area contributed by atoms with Gasteiger partial charge in [-0.1, -0.05) is 29.8 Å². The van der Waals surface area contributed by atoms with E-state index in [4.69, 9.17) is 0 Å². The number of aromatic amines is 1. The van der Waals surface area contributed by atoms with Crippen molar-refractivity contribution in [2.75, 3.05) is 0 Å². The number of pyridine rings is 1. The highest BCUT2D eigenvalue weighted by Crippen LogP contribution is 2.28. The summed E-state index contributed by atoms with van der Waals surface area (Å²) in [5, 5.41) is 2.54. The highest BCUT2D eigenvalue weighted by atomic mass is 32.1. The van der Waals surface area contributed by atoms with E-state index < -0.39 is 0 Å². The molecule has 0 aliphatic heterocycles. The number of thiazole rings is 1. The predicted molar refractivity (Wildman–Crippen MR) is 93.1 cm³/mol. The molecule has 1 N–H and O–H groups in total. The van der Waals surface area contributed by atoms with Crippen molar-refractivity contribution >= 4 is 17.1 Å². The van der Waals surface area contributed by atoms with Gasteiger partial charge in [-0.25, -0.2) is 4.98 Å². The summed E-state index contributed by atoms with van der Waals surface area (Å²) >= 11 is 1.40. The molecule has 116 valence electrons. The number of hydrogen-bond donors (Lipinski definition) is 1. The zero-order chi connectivity index (χ0) is 16.6. The maximum Gasteiger partial charge on any atom is 0.258 e. The molecule has 0 unspecified atom stereocenters. The lowest BCUT2D eigenvalue weighted by molar-refractivity contribution is 0.101. The number of aryl methyl sites for hydroxylation is 2. The van der Waals surface area contributed by atoms with Crippen molar-refractivity contribution in [1.82, 2.24) is 9.97 Å². The van der Waals surface area contributed by atoms with E-state index in [-0.39, 0.29) is 11.3 Å². The molecule has 0 saturated carbocycles. The molecule has 0 fully saturated rings. The van der Waals surface area contributed by atoms with Gasteiger partial charge >= 0.3 is 0 Å². The van der Waals surface area contributed by atoms with Crippen molar-refractivity contribution in [3.05, 3.63) is 62.9 Å². The Hall–Kier alpha value is -2.53. The standard InChI is InChI=1S/C18H16N2O2S/c1-10-4-6-13(7-5-10)16-9-23-18(20-16)15-8-14(12(3)21)11(2)19-17(15)22/h4-9H,1-3H3,(H,19,22). The Kier molecular flexibility index (Phi) is 3.96.